The van der Waals surface area contributed by atoms with Gasteiger partial charge in [0, 0.05) is 35.7 Å². The maximum Gasteiger partial charge on any atom is 0.331 e. The average Bonchev–Trinajstić information content (AvgIpc) is 2.86. The molecule has 0 aromatic rings. The number of aliphatic hydroxyl groups excluding tert-OH is 3. The normalized spacial score (nSPS) is 38.6. The highest BCUT2D eigenvalue weighted by Gasteiger charge is 2.30. The molecule has 0 saturated carbocycles. The Morgan fingerprint density at radius 3 is 2.08 bits per heavy atom. The van der Waals surface area contributed by atoms with Crippen LogP contribution in [-0.2, 0) is 9.53 Å². The van der Waals surface area contributed by atoms with E-state index in [0.717, 1.165) is 6.42 Å². The second-order valence-electron chi connectivity index (χ2n) is 10.2. The molecule has 0 saturated heterocycles. The molecule has 0 radical (unpaired) electrons. The quantitative estimate of drug-likeness (QED) is 0.263. The van der Waals surface area contributed by atoms with Gasteiger partial charge in [-0.25, -0.2) is 4.79 Å². The van der Waals surface area contributed by atoms with Gasteiger partial charge in [-0.05, 0) is 25.7 Å². The molecule has 0 bridgehead atoms. The number of aliphatic hydroxyl groups is 3. The van der Waals surface area contributed by atoms with E-state index >= 15 is 0 Å². The van der Waals surface area contributed by atoms with Gasteiger partial charge in [0.25, 0.3) is 0 Å². The molecule has 0 aromatic carbocycles. The lowest BCUT2D eigenvalue weighted by Crippen LogP contribution is -2.37. The Balaban J connectivity index is 3.11. The summed E-state index contributed by atoms with van der Waals surface area (Å²) in [6.07, 6.45) is 20.4. The lowest BCUT2D eigenvalue weighted by Gasteiger charge is -2.30. The summed E-state index contributed by atoms with van der Waals surface area (Å²) in [6, 6.07) is 0. The molecule has 5 heteroatoms. The summed E-state index contributed by atoms with van der Waals surface area (Å²) in [6.45, 7) is 13.5. The van der Waals surface area contributed by atoms with Crippen LogP contribution in [0.2, 0.25) is 0 Å². The van der Waals surface area contributed by atoms with Crippen LogP contribution in [0.4, 0.5) is 0 Å². The summed E-state index contributed by atoms with van der Waals surface area (Å²) in [5.41, 5.74) is 0. The molecule has 9 atom stereocenters. The molecule has 1 aliphatic rings. The first-order valence-electron chi connectivity index (χ1n) is 13.3. The van der Waals surface area contributed by atoms with Crippen molar-refractivity contribution in [1.29, 1.82) is 0 Å². The number of rotatable bonds is 3. The van der Waals surface area contributed by atoms with Crippen molar-refractivity contribution in [2.75, 3.05) is 0 Å². The third kappa shape index (κ3) is 11.7. The van der Waals surface area contributed by atoms with Gasteiger partial charge in [0.1, 0.15) is 6.10 Å². The fourth-order valence-electron chi connectivity index (χ4n) is 4.34. The van der Waals surface area contributed by atoms with Crippen LogP contribution in [0, 0.1) is 29.6 Å². The first-order valence-corrected chi connectivity index (χ1v) is 13.3. The van der Waals surface area contributed by atoms with E-state index in [1.54, 1.807) is 18.2 Å². The third-order valence-corrected chi connectivity index (χ3v) is 7.03. The van der Waals surface area contributed by atoms with Gasteiger partial charge < -0.3 is 20.1 Å². The van der Waals surface area contributed by atoms with E-state index in [0.29, 0.717) is 19.3 Å². The predicted molar refractivity (Wildman–Crippen MR) is 148 cm³/mol. The fraction of sp³-hybridized carbons (Fsp3) is 0.581. The van der Waals surface area contributed by atoms with Crippen molar-refractivity contribution < 1.29 is 24.9 Å². The molecule has 202 valence electrons. The largest absolute Gasteiger partial charge is 0.458 e. The van der Waals surface area contributed by atoms with Gasteiger partial charge in [0.15, 0.2) is 0 Å². The topological polar surface area (TPSA) is 87.0 Å². The second-order valence-corrected chi connectivity index (χ2v) is 10.2. The minimum atomic E-state index is -0.654. The highest BCUT2D eigenvalue weighted by atomic mass is 16.5. The number of hydrogen-bond acceptors (Lipinski definition) is 5. The first-order chi connectivity index (χ1) is 17.1. The lowest BCUT2D eigenvalue weighted by atomic mass is 9.86. The molecule has 0 aliphatic carbocycles. The molecule has 1 rings (SSSR count). The molecular weight excluding hydrogens is 452 g/mol. The Labute approximate surface area is 218 Å². The summed E-state index contributed by atoms with van der Waals surface area (Å²) in [5.74, 6) is -0.971. The van der Waals surface area contributed by atoms with Crippen LogP contribution < -0.4 is 0 Å². The van der Waals surface area contributed by atoms with Gasteiger partial charge in [-0.15, -0.1) is 0 Å². The summed E-state index contributed by atoms with van der Waals surface area (Å²) < 4.78 is 5.78. The van der Waals surface area contributed by atoms with Crippen LogP contribution in [0.25, 0.3) is 0 Å². The molecule has 0 amide bonds. The molecule has 1 heterocycles. The van der Waals surface area contributed by atoms with Gasteiger partial charge in [-0.3, -0.25) is 0 Å². The van der Waals surface area contributed by atoms with E-state index in [1.165, 1.54) is 6.08 Å². The Hall–Kier alpha value is -2.21. The Bertz CT molecular complexity index is 793. The van der Waals surface area contributed by atoms with Crippen LogP contribution in [-0.4, -0.2) is 45.7 Å². The van der Waals surface area contributed by atoms with Crippen molar-refractivity contribution in [2.45, 2.75) is 84.7 Å². The summed E-state index contributed by atoms with van der Waals surface area (Å²) in [4.78, 5) is 12.6. The lowest BCUT2D eigenvalue weighted by molar-refractivity contribution is -0.150. The number of hydrogen-bond donors (Lipinski definition) is 3. The zero-order valence-corrected chi connectivity index (χ0v) is 22.7. The van der Waals surface area contributed by atoms with Crippen molar-refractivity contribution in [3.63, 3.8) is 0 Å². The van der Waals surface area contributed by atoms with Gasteiger partial charge in [-0.1, -0.05) is 102 Å². The van der Waals surface area contributed by atoms with Crippen LogP contribution in [0.3, 0.4) is 0 Å². The number of esters is 1. The molecule has 36 heavy (non-hydrogen) atoms. The van der Waals surface area contributed by atoms with E-state index in [-0.39, 0.29) is 29.6 Å². The van der Waals surface area contributed by atoms with Crippen LogP contribution >= 0.6 is 0 Å². The van der Waals surface area contributed by atoms with Crippen LogP contribution in [0.15, 0.2) is 73.4 Å². The smallest absolute Gasteiger partial charge is 0.331 e. The predicted octanol–water partition coefficient (Wildman–Crippen LogP) is 5.70. The minimum Gasteiger partial charge on any atom is -0.458 e. The van der Waals surface area contributed by atoms with E-state index in [4.69, 9.17) is 4.74 Å². The Morgan fingerprint density at radius 2 is 1.50 bits per heavy atom. The van der Waals surface area contributed by atoms with Gasteiger partial charge in [-0.2, -0.15) is 0 Å². The summed E-state index contributed by atoms with van der Waals surface area (Å²) in [5, 5.41) is 32.0. The van der Waals surface area contributed by atoms with Crippen molar-refractivity contribution in [2.24, 2.45) is 29.6 Å². The number of allylic oxidation sites excluding steroid dienone is 6. The van der Waals surface area contributed by atoms with Crippen molar-refractivity contribution in [1.82, 2.24) is 0 Å². The molecule has 0 fully saturated rings. The monoisotopic (exact) mass is 500 g/mol. The van der Waals surface area contributed by atoms with Crippen molar-refractivity contribution in [3.05, 3.63) is 73.4 Å². The van der Waals surface area contributed by atoms with Gasteiger partial charge >= 0.3 is 5.97 Å². The first kappa shape index (κ1) is 31.8. The molecule has 1 unspecified atom stereocenters. The highest BCUT2D eigenvalue weighted by molar-refractivity contribution is 5.82. The summed E-state index contributed by atoms with van der Waals surface area (Å²) >= 11 is 0. The van der Waals surface area contributed by atoms with Crippen LogP contribution in [0.5, 0.6) is 0 Å². The Morgan fingerprint density at radius 1 is 0.917 bits per heavy atom. The number of ether oxygens (including phenoxy) is 1. The molecule has 3 N–H and O–H groups in total. The number of carbonyl (C=O) groups is 1. The Kier molecular flexibility index (Phi) is 15.3. The van der Waals surface area contributed by atoms with E-state index in [1.807, 2.05) is 77.2 Å². The maximum atomic E-state index is 12.6. The maximum absolute atomic E-state index is 12.6. The van der Waals surface area contributed by atoms with E-state index in [2.05, 4.69) is 6.58 Å². The zero-order chi connectivity index (χ0) is 27.1. The fourth-order valence-corrected chi connectivity index (χ4v) is 4.34. The summed E-state index contributed by atoms with van der Waals surface area (Å²) in [7, 11) is 0. The molecule has 5 nitrogen and oxygen atoms in total. The van der Waals surface area contributed by atoms with Crippen molar-refractivity contribution >= 4 is 5.97 Å². The molecular formula is C31H48O5. The SMILES string of the molecule is C=CC=CC(C)[C@H]1OC(=O)/C=C/C=C/[C@@H](C)[C@H](O)CC/C=C/[C@H](C)[C@H](O)[C@@H](C)/C=C\CC[C@@H](O)[C@H]1C. The van der Waals surface area contributed by atoms with Crippen LogP contribution in [0.1, 0.15) is 60.3 Å². The zero-order valence-electron chi connectivity index (χ0n) is 22.7. The van der Waals surface area contributed by atoms with Gasteiger partial charge in [0.2, 0.25) is 0 Å². The molecule has 0 spiro atoms. The molecule has 1 aliphatic heterocycles. The van der Waals surface area contributed by atoms with Crippen molar-refractivity contribution in [3.8, 4) is 0 Å². The van der Waals surface area contributed by atoms with E-state index in [9.17, 15) is 20.1 Å². The molecule has 0 aromatic heterocycles. The third-order valence-electron chi connectivity index (χ3n) is 7.03. The number of carbonyl (C=O) groups excluding carboxylic acids is 1. The standard InChI is InChI=1S/C31H48O5/c1-7-8-15-25(5)31-26(6)28(33)20-13-10-18-24(4)30(35)23(3)17-9-12-19-27(32)22(2)16-11-14-21-29(34)36-31/h7-11,14-18,21-28,30-33,35H,1,12-13,19-20H2,2-6H3/b15-8?,16-11+,17-9+,18-10-,21-14+/t22-,23+,24+,25?,26-,27-,28-,30+,31-/m1/s1. The van der Waals surface area contributed by atoms with Gasteiger partial charge in [0.05, 0.1) is 18.3 Å². The highest BCUT2D eigenvalue weighted by Crippen LogP contribution is 2.25. The minimum absolute atomic E-state index is 0.00623. The average molecular weight is 501 g/mol. The van der Waals surface area contributed by atoms with E-state index < -0.39 is 30.4 Å². The number of cyclic esters (lactones) is 1. The second kappa shape index (κ2) is 17.3.